The molecule has 29 heavy (non-hydrogen) atoms. The highest BCUT2D eigenvalue weighted by Crippen LogP contribution is 2.22. The van der Waals surface area contributed by atoms with E-state index in [1.807, 2.05) is 29.8 Å². The van der Waals surface area contributed by atoms with E-state index < -0.39 is 0 Å². The molecule has 3 aromatic rings. The first kappa shape index (κ1) is 19.4. The van der Waals surface area contributed by atoms with Gasteiger partial charge < -0.3 is 15.0 Å². The van der Waals surface area contributed by atoms with Gasteiger partial charge in [0.05, 0.1) is 23.8 Å². The van der Waals surface area contributed by atoms with Gasteiger partial charge in [-0.25, -0.2) is 15.0 Å². The average Bonchev–Trinajstić information content (AvgIpc) is 3.19. The molecule has 1 fully saturated rings. The number of amides is 1. The van der Waals surface area contributed by atoms with Gasteiger partial charge in [-0.2, -0.15) is 0 Å². The monoisotopic (exact) mass is 412 g/mol. The second-order valence-electron chi connectivity index (χ2n) is 6.68. The van der Waals surface area contributed by atoms with Gasteiger partial charge in [0, 0.05) is 44.4 Å². The fraction of sp³-hybridized carbons (Fsp3) is 0.300. The minimum absolute atomic E-state index is 0.0798. The number of imidazole rings is 1. The number of hydrogen-bond acceptors (Lipinski definition) is 6. The maximum atomic E-state index is 12.5. The number of nitrogens with zero attached hydrogens (tertiary/aromatic N) is 5. The summed E-state index contributed by atoms with van der Waals surface area (Å²) < 4.78 is 7.20. The average molecular weight is 413 g/mol. The van der Waals surface area contributed by atoms with Gasteiger partial charge >= 0.3 is 0 Å². The number of pyridine rings is 2. The standard InChI is InChI=1S/C20H21ClN6O2/c1-14-22-4-5-27(14)18-3-2-15(11-23-18)12-24-19-17(21)10-16(13-25-19)20(28)26-6-8-29-9-7-26/h2-5,10-11,13H,6-9,12H2,1H3,(H,24,25). The Morgan fingerprint density at radius 3 is 2.69 bits per heavy atom. The number of aryl methyl sites for hydroxylation is 1. The predicted octanol–water partition coefficient (Wildman–Crippen LogP) is 2.71. The van der Waals surface area contributed by atoms with Gasteiger partial charge in [-0.1, -0.05) is 17.7 Å². The zero-order chi connectivity index (χ0) is 20.2. The van der Waals surface area contributed by atoms with Gasteiger partial charge in [0.25, 0.3) is 5.91 Å². The van der Waals surface area contributed by atoms with E-state index in [4.69, 9.17) is 16.3 Å². The van der Waals surface area contributed by atoms with Gasteiger partial charge in [0.2, 0.25) is 0 Å². The number of anilines is 1. The molecule has 0 unspecified atom stereocenters. The van der Waals surface area contributed by atoms with Crippen LogP contribution in [0.5, 0.6) is 0 Å². The zero-order valence-corrected chi connectivity index (χ0v) is 16.8. The molecule has 9 heteroatoms. The van der Waals surface area contributed by atoms with Crippen molar-refractivity contribution < 1.29 is 9.53 Å². The Kier molecular flexibility index (Phi) is 5.73. The van der Waals surface area contributed by atoms with Crippen LogP contribution in [-0.4, -0.2) is 56.6 Å². The molecule has 0 radical (unpaired) electrons. The van der Waals surface area contributed by atoms with Crippen LogP contribution < -0.4 is 5.32 Å². The van der Waals surface area contributed by atoms with Crippen LogP contribution in [0.15, 0.2) is 43.0 Å². The smallest absolute Gasteiger partial charge is 0.255 e. The number of nitrogens with one attached hydrogen (secondary N) is 1. The van der Waals surface area contributed by atoms with Crippen LogP contribution in [0.1, 0.15) is 21.7 Å². The molecule has 0 saturated carbocycles. The van der Waals surface area contributed by atoms with Crippen molar-refractivity contribution in [1.82, 2.24) is 24.4 Å². The number of rotatable bonds is 5. The lowest BCUT2D eigenvalue weighted by Gasteiger charge is -2.26. The Morgan fingerprint density at radius 1 is 1.21 bits per heavy atom. The summed E-state index contributed by atoms with van der Waals surface area (Å²) in [5.74, 6) is 2.14. The zero-order valence-electron chi connectivity index (χ0n) is 16.0. The van der Waals surface area contributed by atoms with Crippen LogP contribution in [0.25, 0.3) is 5.82 Å². The highest BCUT2D eigenvalue weighted by Gasteiger charge is 2.19. The molecule has 4 heterocycles. The van der Waals surface area contributed by atoms with Crippen molar-refractivity contribution in [2.24, 2.45) is 0 Å². The Bertz CT molecular complexity index is 998. The van der Waals surface area contributed by atoms with Crippen LogP contribution in [-0.2, 0) is 11.3 Å². The summed E-state index contributed by atoms with van der Waals surface area (Å²) in [4.78, 5) is 27.3. The highest BCUT2D eigenvalue weighted by molar-refractivity contribution is 6.33. The predicted molar refractivity (Wildman–Crippen MR) is 109 cm³/mol. The Morgan fingerprint density at radius 2 is 2.03 bits per heavy atom. The summed E-state index contributed by atoms with van der Waals surface area (Å²) in [6, 6.07) is 5.57. The molecule has 0 aromatic carbocycles. The van der Waals surface area contributed by atoms with E-state index in [9.17, 15) is 4.79 Å². The van der Waals surface area contributed by atoms with Crippen LogP contribution in [0, 0.1) is 6.92 Å². The Hall–Kier alpha value is -2.97. The number of ether oxygens (including phenoxy) is 1. The topological polar surface area (TPSA) is 85.2 Å². The molecule has 1 amide bonds. The van der Waals surface area contributed by atoms with Crippen molar-refractivity contribution in [3.63, 3.8) is 0 Å². The summed E-state index contributed by atoms with van der Waals surface area (Å²) in [5.41, 5.74) is 1.46. The molecule has 150 valence electrons. The van der Waals surface area contributed by atoms with E-state index in [2.05, 4.69) is 20.3 Å². The molecular weight excluding hydrogens is 392 g/mol. The van der Waals surface area contributed by atoms with E-state index in [0.717, 1.165) is 17.2 Å². The molecule has 0 aliphatic carbocycles. The van der Waals surface area contributed by atoms with Crippen molar-refractivity contribution in [2.45, 2.75) is 13.5 Å². The fourth-order valence-electron chi connectivity index (χ4n) is 3.10. The maximum Gasteiger partial charge on any atom is 0.255 e. The summed E-state index contributed by atoms with van der Waals surface area (Å²) in [6.07, 6.45) is 6.97. The fourth-order valence-corrected chi connectivity index (χ4v) is 3.34. The van der Waals surface area contributed by atoms with Crippen molar-refractivity contribution in [3.8, 4) is 5.82 Å². The summed E-state index contributed by atoms with van der Waals surface area (Å²) in [5, 5.41) is 3.60. The third kappa shape index (κ3) is 4.38. The van der Waals surface area contributed by atoms with E-state index in [1.165, 1.54) is 0 Å². The van der Waals surface area contributed by atoms with Crippen LogP contribution in [0.2, 0.25) is 5.02 Å². The van der Waals surface area contributed by atoms with E-state index >= 15 is 0 Å². The van der Waals surface area contributed by atoms with Crippen molar-refractivity contribution in [3.05, 3.63) is 65.0 Å². The molecule has 0 spiro atoms. The van der Waals surface area contributed by atoms with Crippen LogP contribution in [0.4, 0.5) is 5.82 Å². The molecule has 8 nitrogen and oxygen atoms in total. The number of carbonyl (C=O) groups is 1. The maximum absolute atomic E-state index is 12.5. The first-order valence-corrected chi connectivity index (χ1v) is 9.71. The number of morpholine rings is 1. The molecule has 1 N–H and O–H groups in total. The van der Waals surface area contributed by atoms with E-state index in [1.54, 1.807) is 29.6 Å². The normalized spacial score (nSPS) is 14.1. The summed E-state index contributed by atoms with van der Waals surface area (Å²) in [6.45, 7) is 4.72. The highest BCUT2D eigenvalue weighted by atomic mass is 35.5. The number of carbonyl (C=O) groups excluding carboxylic acids is 1. The molecule has 1 aliphatic heterocycles. The van der Waals surface area contributed by atoms with Gasteiger partial charge in [-0.05, 0) is 24.6 Å². The third-order valence-electron chi connectivity index (χ3n) is 4.73. The second kappa shape index (κ2) is 8.59. The quantitative estimate of drug-likeness (QED) is 0.693. The van der Waals surface area contributed by atoms with Gasteiger partial charge in [0.15, 0.2) is 0 Å². The molecule has 0 bridgehead atoms. The molecule has 1 saturated heterocycles. The van der Waals surface area contributed by atoms with E-state index in [-0.39, 0.29) is 5.91 Å². The van der Waals surface area contributed by atoms with Gasteiger partial charge in [-0.15, -0.1) is 0 Å². The van der Waals surface area contributed by atoms with Crippen molar-refractivity contribution >= 4 is 23.3 Å². The number of halogens is 1. The molecule has 4 rings (SSSR count). The van der Waals surface area contributed by atoms with Crippen LogP contribution >= 0.6 is 11.6 Å². The molecule has 0 atom stereocenters. The largest absolute Gasteiger partial charge is 0.378 e. The molecular formula is C20H21ClN6O2. The summed E-state index contributed by atoms with van der Waals surface area (Å²) in [7, 11) is 0. The first-order valence-electron chi connectivity index (χ1n) is 9.33. The second-order valence-corrected chi connectivity index (χ2v) is 7.09. The number of aromatic nitrogens is 4. The summed E-state index contributed by atoms with van der Waals surface area (Å²) >= 11 is 6.34. The van der Waals surface area contributed by atoms with Crippen molar-refractivity contribution in [2.75, 3.05) is 31.6 Å². The van der Waals surface area contributed by atoms with Crippen LogP contribution in [0.3, 0.4) is 0 Å². The Balaban J connectivity index is 1.39. The van der Waals surface area contributed by atoms with Gasteiger partial charge in [-0.3, -0.25) is 9.36 Å². The number of hydrogen-bond donors (Lipinski definition) is 1. The lowest BCUT2D eigenvalue weighted by molar-refractivity contribution is 0.0302. The lowest BCUT2D eigenvalue weighted by atomic mass is 10.2. The third-order valence-corrected chi connectivity index (χ3v) is 5.02. The molecule has 1 aliphatic rings. The van der Waals surface area contributed by atoms with Gasteiger partial charge in [0.1, 0.15) is 17.5 Å². The van der Waals surface area contributed by atoms with E-state index in [0.29, 0.717) is 49.3 Å². The first-order chi connectivity index (χ1) is 14.1. The minimum atomic E-state index is -0.0798. The Labute approximate surface area is 173 Å². The lowest BCUT2D eigenvalue weighted by Crippen LogP contribution is -2.40. The minimum Gasteiger partial charge on any atom is -0.378 e. The van der Waals surface area contributed by atoms with Crippen molar-refractivity contribution in [1.29, 1.82) is 0 Å². The SMILES string of the molecule is Cc1nccn1-c1ccc(CNc2ncc(C(=O)N3CCOCC3)cc2Cl)cn1. The molecule has 3 aromatic heterocycles.